The molecule has 6 heteroatoms. The van der Waals surface area contributed by atoms with Crippen LogP contribution in [-0.4, -0.2) is 20.1 Å². The number of hydrogen-bond acceptors (Lipinski definition) is 3. The molecule has 0 fully saturated rings. The summed E-state index contributed by atoms with van der Waals surface area (Å²) in [5.74, 6) is 0.442. The summed E-state index contributed by atoms with van der Waals surface area (Å²) in [6, 6.07) is 4.46. The smallest absolute Gasteiger partial charge is 0.201 e. The minimum Gasteiger partial charge on any atom is -0.397 e. The summed E-state index contributed by atoms with van der Waals surface area (Å²) >= 11 is 0. The first-order valence-electron chi connectivity index (χ1n) is 5.00. The molecule has 1 aromatic rings. The van der Waals surface area contributed by atoms with Crippen molar-refractivity contribution in [3.8, 4) is 0 Å². The van der Waals surface area contributed by atoms with Gasteiger partial charge in [0.2, 0.25) is 5.96 Å². The summed E-state index contributed by atoms with van der Waals surface area (Å²) < 4.78 is 13.5. The number of nitrogens with two attached hydrogens (primary N) is 1. The van der Waals surface area contributed by atoms with E-state index < -0.39 is 5.82 Å². The zero-order valence-corrected chi connectivity index (χ0v) is 9.84. The van der Waals surface area contributed by atoms with E-state index in [9.17, 15) is 4.39 Å². The van der Waals surface area contributed by atoms with E-state index in [0.717, 1.165) is 0 Å². The summed E-state index contributed by atoms with van der Waals surface area (Å²) in [4.78, 5) is 3.92. The molecule has 5 nitrogen and oxygen atoms in total. The normalized spacial score (nSPS) is 10.9. The van der Waals surface area contributed by atoms with Crippen molar-refractivity contribution in [2.45, 2.75) is 0 Å². The van der Waals surface area contributed by atoms with Crippen molar-refractivity contribution in [1.82, 2.24) is 10.6 Å². The highest BCUT2D eigenvalue weighted by Gasteiger charge is 2.08. The molecular formula is C11H16FN5. The highest BCUT2D eigenvalue weighted by Crippen LogP contribution is 2.21. The molecule has 0 unspecified atom stereocenters. The number of benzene rings is 1. The second kappa shape index (κ2) is 5.74. The zero-order chi connectivity index (χ0) is 12.8. The van der Waals surface area contributed by atoms with Gasteiger partial charge in [-0.05, 0) is 12.1 Å². The van der Waals surface area contributed by atoms with Gasteiger partial charge in [0.1, 0.15) is 11.5 Å². The third-order valence-electron chi connectivity index (χ3n) is 2.08. The van der Waals surface area contributed by atoms with Crippen LogP contribution in [0.4, 0.5) is 15.8 Å². The zero-order valence-electron chi connectivity index (χ0n) is 9.84. The van der Waals surface area contributed by atoms with Gasteiger partial charge in [0, 0.05) is 14.1 Å². The Balaban J connectivity index is 2.85. The number of rotatable bonds is 3. The Morgan fingerprint density at radius 2 is 2.18 bits per heavy atom. The Bertz CT molecular complexity index is 421. The van der Waals surface area contributed by atoms with E-state index in [4.69, 9.17) is 5.73 Å². The number of hydrogen-bond donors (Lipinski definition) is 4. The molecule has 5 N–H and O–H groups in total. The highest BCUT2D eigenvalue weighted by molar-refractivity contribution is 5.97. The Kier molecular flexibility index (Phi) is 4.33. The quantitative estimate of drug-likeness (QED) is 0.360. The predicted molar refractivity (Wildman–Crippen MR) is 69.1 cm³/mol. The van der Waals surface area contributed by atoms with Crippen LogP contribution in [0.25, 0.3) is 0 Å². The van der Waals surface area contributed by atoms with Gasteiger partial charge in [0.05, 0.1) is 11.5 Å². The van der Waals surface area contributed by atoms with E-state index in [2.05, 4.69) is 27.5 Å². The second-order valence-electron chi connectivity index (χ2n) is 3.25. The molecule has 17 heavy (non-hydrogen) atoms. The van der Waals surface area contributed by atoms with E-state index in [0.29, 0.717) is 17.5 Å². The standard InChI is InChI=1S/C11H16FN5/c1-7(14-2)16-11(15-3)17-10-8(12)5-4-6-9(10)13/h4-6,14H,1,13H2,2-3H3,(H2,15,16,17). The lowest BCUT2D eigenvalue weighted by molar-refractivity contribution is 0.632. The summed E-state index contributed by atoms with van der Waals surface area (Å²) in [6.45, 7) is 3.68. The summed E-state index contributed by atoms with van der Waals surface area (Å²) in [5, 5.41) is 8.39. The summed E-state index contributed by atoms with van der Waals surface area (Å²) in [7, 11) is 3.27. The van der Waals surface area contributed by atoms with Crippen LogP contribution in [0.3, 0.4) is 0 Å². The van der Waals surface area contributed by atoms with Gasteiger partial charge in [-0.25, -0.2) is 4.39 Å². The van der Waals surface area contributed by atoms with Crippen LogP contribution in [-0.2, 0) is 0 Å². The lowest BCUT2D eigenvalue weighted by atomic mass is 10.2. The number of anilines is 2. The average molecular weight is 237 g/mol. The monoisotopic (exact) mass is 237 g/mol. The molecule has 0 aliphatic rings. The molecule has 0 aliphatic carbocycles. The Labute approximate surface area is 99.6 Å². The molecule has 92 valence electrons. The first-order chi connectivity index (χ1) is 8.08. The van der Waals surface area contributed by atoms with Crippen LogP contribution in [0.5, 0.6) is 0 Å². The summed E-state index contributed by atoms with van der Waals surface area (Å²) in [6.07, 6.45) is 0. The van der Waals surface area contributed by atoms with Crippen LogP contribution < -0.4 is 21.7 Å². The van der Waals surface area contributed by atoms with E-state index in [1.807, 2.05) is 0 Å². The number of para-hydroxylation sites is 1. The molecule has 0 bridgehead atoms. The third-order valence-corrected chi connectivity index (χ3v) is 2.08. The van der Waals surface area contributed by atoms with Crippen LogP contribution in [0, 0.1) is 5.82 Å². The molecule has 0 heterocycles. The Morgan fingerprint density at radius 3 is 2.71 bits per heavy atom. The van der Waals surface area contributed by atoms with E-state index in [-0.39, 0.29) is 5.69 Å². The molecule has 0 aromatic heterocycles. The van der Waals surface area contributed by atoms with Crippen LogP contribution >= 0.6 is 0 Å². The highest BCUT2D eigenvalue weighted by atomic mass is 19.1. The average Bonchev–Trinajstić information content (AvgIpc) is 2.32. The number of guanidine groups is 1. The Morgan fingerprint density at radius 1 is 1.47 bits per heavy atom. The molecule has 0 radical (unpaired) electrons. The molecule has 0 saturated carbocycles. The fourth-order valence-corrected chi connectivity index (χ4v) is 1.14. The third kappa shape index (κ3) is 3.37. The maximum atomic E-state index is 13.5. The van der Waals surface area contributed by atoms with Crippen LogP contribution in [0.15, 0.2) is 35.6 Å². The first-order valence-corrected chi connectivity index (χ1v) is 5.00. The van der Waals surface area contributed by atoms with Crippen molar-refractivity contribution < 1.29 is 4.39 Å². The fraction of sp³-hybridized carbons (Fsp3) is 0.182. The minimum absolute atomic E-state index is 0.185. The first kappa shape index (κ1) is 12.8. The van der Waals surface area contributed by atoms with Crippen LogP contribution in [0.2, 0.25) is 0 Å². The van der Waals surface area contributed by atoms with Crippen LogP contribution in [0.1, 0.15) is 0 Å². The summed E-state index contributed by atoms with van der Waals surface area (Å²) in [5.41, 5.74) is 6.16. The van der Waals surface area contributed by atoms with Gasteiger partial charge in [0.15, 0.2) is 0 Å². The largest absolute Gasteiger partial charge is 0.397 e. The van der Waals surface area contributed by atoms with E-state index >= 15 is 0 Å². The lowest BCUT2D eigenvalue weighted by Crippen LogP contribution is -2.34. The maximum absolute atomic E-state index is 13.5. The lowest BCUT2D eigenvalue weighted by Gasteiger charge is -2.15. The Hall–Kier alpha value is -2.24. The van der Waals surface area contributed by atoms with Gasteiger partial charge in [-0.15, -0.1) is 0 Å². The topological polar surface area (TPSA) is 74.5 Å². The molecule has 0 saturated heterocycles. The molecule has 0 atom stereocenters. The molecule has 1 rings (SSSR count). The molecular weight excluding hydrogens is 221 g/mol. The number of halogens is 1. The van der Waals surface area contributed by atoms with Crippen molar-refractivity contribution in [2.24, 2.45) is 4.99 Å². The van der Waals surface area contributed by atoms with Crippen molar-refractivity contribution in [1.29, 1.82) is 0 Å². The number of aliphatic imine (C=N–C) groups is 1. The van der Waals surface area contributed by atoms with Crippen molar-refractivity contribution in [3.05, 3.63) is 36.4 Å². The number of nitrogen functional groups attached to an aromatic ring is 1. The predicted octanol–water partition coefficient (Wildman–Crippen LogP) is 1.09. The van der Waals surface area contributed by atoms with E-state index in [1.165, 1.54) is 6.07 Å². The van der Waals surface area contributed by atoms with Gasteiger partial charge < -0.3 is 21.7 Å². The van der Waals surface area contributed by atoms with Gasteiger partial charge in [-0.1, -0.05) is 12.6 Å². The van der Waals surface area contributed by atoms with Crippen molar-refractivity contribution >= 4 is 17.3 Å². The molecule has 1 aromatic carbocycles. The van der Waals surface area contributed by atoms with Crippen molar-refractivity contribution in [2.75, 3.05) is 25.1 Å². The maximum Gasteiger partial charge on any atom is 0.201 e. The second-order valence-corrected chi connectivity index (χ2v) is 3.25. The van der Waals surface area contributed by atoms with Gasteiger partial charge >= 0.3 is 0 Å². The fourth-order valence-electron chi connectivity index (χ4n) is 1.14. The molecule has 0 aliphatic heterocycles. The van der Waals surface area contributed by atoms with E-state index in [1.54, 1.807) is 26.2 Å². The van der Waals surface area contributed by atoms with Gasteiger partial charge in [-0.2, -0.15) is 0 Å². The SMILES string of the molecule is C=C(NC)NC(=NC)Nc1c(N)cccc1F. The molecule has 0 amide bonds. The number of nitrogens with one attached hydrogen (secondary N) is 3. The molecule has 0 spiro atoms. The minimum atomic E-state index is -0.442. The van der Waals surface area contributed by atoms with Gasteiger partial charge in [-0.3, -0.25) is 4.99 Å². The van der Waals surface area contributed by atoms with Gasteiger partial charge in [0.25, 0.3) is 0 Å². The van der Waals surface area contributed by atoms with Crippen molar-refractivity contribution in [3.63, 3.8) is 0 Å². The number of nitrogens with zero attached hydrogens (tertiary/aromatic N) is 1.